The van der Waals surface area contributed by atoms with Gasteiger partial charge >= 0.3 is 0 Å². The number of aliphatic hydroxyl groups excluding tert-OH is 1. The molecule has 0 radical (unpaired) electrons. The smallest absolute Gasteiger partial charge is 0.240 e. The normalized spacial score (nSPS) is 26.8. The van der Waals surface area contributed by atoms with Crippen molar-refractivity contribution in [2.24, 2.45) is 0 Å². The van der Waals surface area contributed by atoms with Crippen LogP contribution in [0.4, 0.5) is 0 Å². The van der Waals surface area contributed by atoms with Gasteiger partial charge in [-0.3, -0.25) is 14.6 Å². The fraction of sp³-hybridized carbons (Fsp3) is 0.938. The lowest BCUT2D eigenvalue weighted by Gasteiger charge is -2.42. The van der Waals surface area contributed by atoms with Gasteiger partial charge < -0.3 is 10.0 Å². The summed E-state index contributed by atoms with van der Waals surface area (Å²) in [4.78, 5) is 19.5. The molecule has 5 nitrogen and oxygen atoms in total. The number of aliphatic hydroxyl groups is 1. The standard InChI is InChI=1S/C16H31N3O2/c1-3-14(13-20)18-9-11-19(12-10-18)16(21)15-7-5-6-8-17(15)4-2/h14-15,20H,3-13H2,1-2H3. The van der Waals surface area contributed by atoms with E-state index in [2.05, 4.69) is 23.6 Å². The third kappa shape index (κ3) is 3.96. The van der Waals surface area contributed by atoms with Crippen LogP contribution >= 0.6 is 0 Å². The van der Waals surface area contributed by atoms with Crippen LogP contribution in [0.2, 0.25) is 0 Å². The van der Waals surface area contributed by atoms with E-state index < -0.39 is 0 Å². The van der Waals surface area contributed by atoms with E-state index in [1.54, 1.807) is 0 Å². The summed E-state index contributed by atoms with van der Waals surface area (Å²) in [6.45, 7) is 9.92. The first-order valence-corrected chi connectivity index (χ1v) is 8.59. The molecule has 1 N–H and O–H groups in total. The largest absolute Gasteiger partial charge is 0.395 e. The number of rotatable bonds is 5. The number of likely N-dealkylation sites (N-methyl/N-ethyl adjacent to an activating group) is 1. The highest BCUT2D eigenvalue weighted by atomic mass is 16.3. The number of amides is 1. The molecule has 2 aliphatic heterocycles. The topological polar surface area (TPSA) is 47.0 Å². The Kier molecular flexibility index (Phi) is 6.45. The first-order chi connectivity index (χ1) is 10.2. The molecule has 2 atom stereocenters. The van der Waals surface area contributed by atoms with Gasteiger partial charge in [0.2, 0.25) is 5.91 Å². The van der Waals surface area contributed by atoms with Crippen LogP contribution in [0.3, 0.4) is 0 Å². The molecule has 21 heavy (non-hydrogen) atoms. The molecule has 0 bridgehead atoms. The maximum absolute atomic E-state index is 12.8. The van der Waals surface area contributed by atoms with E-state index in [0.717, 1.165) is 52.1 Å². The van der Waals surface area contributed by atoms with E-state index in [1.807, 2.05) is 4.90 Å². The number of carbonyl (C=O) groups is 1. The molecule has 1 amide bonds. The van der Waals surface area contributed by atoms with E-state index in [9.17, 15) is 9.90 Å². The second kappa shape index (κ2) is 8.11. The summed E-state index contributed by atoms with van der Waals surface area (Å²) in [7, 11) is 0. The van der Waals surface area contributed by atoms with Crippen LogP contribution in [-0.2, 0) is 4.79 Å². The van der Waals surface area contributed by atoms with E-state index >= 15 is 0 Å². The number of nitrogens with zero attached hydrogens (tertiary/aromatic N) is 3. The van der Waals surface area contributed by atoms with Gasteiger partial charge in [-0.1, -0.05) is 20.3 Å². The minimum Gasteiger partial charge on any atom is -0.395 e. The zero-order valence-electron chi connectivity index (χ0n) is 13.6. The number of likely N-dealkylation sites (tertiary alicyclic amines) is 1. The maximum Gasteiger partial charge on any atom is 0.240 e. The third-order valence-corrected chi connectivity index (χ3v) is 5.13. The molecule has 0 aromatic carbocycles. The molecule has 0 aromatic heterocycles. The minimum atomic E-state index is 0.107. The molecule has 2 unspecified atom stereocenters. The van der Waals surface area contributed by atoms with Crippen molar-refractivity contribution in [1.29, 1.82) is 0 Å². The first kappa shape index (κ1) is 16.7. The summed E-state index contributed by atoms with van der Waals surface area (Å²) >= 11 is 0. The van der Waals surface area contributed by atoms with Crippen molar-refractivity contribution in [3.8, 4) is 0 Å². The zero-order valence-corrected chi connectivity index (χ0v) is 13.6. The van der Waals surface area contributed by atoms with Crippen molar-refractivity contribution < 1.29 is 9.90 Å². The summed E-state index contributed by atoms with van der Waals surface area (Å²) in [6.07, 6.45) is 4.38. The van der Waals surface area contributed by atoms with Gasteiger partial charge in [0.05, 0.1) is 12.6 Å². The molecular formula is C16H31N3O2. The molecule has 122 valence electrons. The number of hydrogen-bond donors (Lipinski definition) is 1. The van der Waals surface area contributed by atoms with Crippen molar-refractivity contribution in [3.05, 3.63) is 0 Å². The molecular weight excluding hydrogens is 266 g/mol. The quantitative estimate of drug-likeness (QED) is 0.814. The molecule has 0 saturated carbocycles. The molecule has 0 aromatic rings. The molecule has 2 heterocycles. The van der Waals surface area contributed by atoms with E-state index in [0.29, 0.717) is 5.91 Å². The van der Waals surface area contributed by atoms with Gasteiger partial charge in [0.1, 0.15) is 0 Å². The maximum atomic E-state index is 12.8. The Morgan fingerprint density at radius 3 is 2.43 bits per heavy atom. The highest BCUT2D eigenvalue weighted by molar-refractivity contribution is 5.82. The average Bonchev–Trinajstić information content (AvgIpc) is 2.56. The molecule has 5 heteroatoms. The Bertz CT molecular complexity index is 325. The van der Waals surface area contributed by atoms with Gasteiger partial charge in [-0.25, -0.2) is 0 Å². The Morgan fingerprint density at radius 2 is 1.86 bits per heavy atom. The summed E-state index contributed by atoms with van der Waals surface area (Å²) in [5.74, 6) is 0.327. The molecule has 0 aliphatic carbocycles. The number of hydrogen-bond acceptors (Lipinski definition) is 4. The van der Waals surface area contributed by atoms with Crippen molar-refractivity contribution in [1.82, 2.24) is 14.7 Å². The molecule has 2 saturated heterocycles. The van der Waals surface area contributed by atoms with Gasteiger partial charge in [0, 0.05) is 32.2 Å². The van der Waals surface area contributed by atoms with Gasteiger partial charge in [-0.05, 0) is 32.4 Å². The van der Waals surface area contributed by atoms with Crippen LogP contribution in [0.25, 0.3) is 0 Å². The van der Waals surface area contributed by atoms with Crippen molar-refractivity contribution in [2.45, 2.75) is 51.6 Å². The number of carbonyl (C=O) groups excluding carboxylic acids is 1. The second-order valence-corrected chi connectivity index (χ2v) is 6.25. The van der Waals surface area contributed by atoms with Gasteiger partial charge in [-0.15, -0.1) is 0 Å². The fourth-order valence-electron chi connectivity index (χ4n) is 3.67. The van der Waals surface area contributed by atoms with Crippen molar-refractivity contribution in [3.63, 3.8) is 0 Å². The van der Waals surface area contributed by atoms with Crippen LogP contribution in [0.5, 0.6) is 0 Å². The Balaban J connectivity index is 1.87. The lowest BCUT2D eigenvalue weighted by Crippen LogP contribution is -2.57. The minimum absolute atomic E-state index is 0.107. The van der Waals surface area contributed by atoms with Crippen LogP contribution in [-0.4, -0.2) is 83.7 Å². The SMILES string of the molecule is CCC(CO)N1CCN(C(=O)C2CCCCN2CC)CC1. The molecule has 0 spiro atoms. The Hall–Kier alpha value is -0.650. The zero-order chi connectivity index (χ0) is 15.2. The molecule has 2 rings (SSSR count). The Labute approximate surface area is 128 Å². The third-order valence-electron chi connectivity index (χ3n) is 5.13. The number of piperidine rings is 1. The lowest BCUT2D eigenvalue weighted by molar-refractivity contribution is -0.140. The van der Waals surface area contributed by atoms with Gasteiger partial charge in [0.25, 0.3) is 0 Å². The predicted octanol–water partition coefficient (Wildman–Crippen LogP) is 0.776. The van der Waals surface area contributed by atoms with Crippen LogP contribution in [0.15, 0.2) is 0 Å². The van der Waals surface area contributed by atoms with Crippen molar-refractivity contribution >= 4 is 5.91 Å². The average molecular weight is 297 g/mol. The van der Waals surface area contributed by atoms with Crippen LogP contribution < -0.4 is 0 Å². The second-order valence-electron chi connectivity index (χ2n) is 6.25. The van der Waals surface area contributed by atoms with Gasteiger partial charge in [-0.2, -0.15) is 0 Å². The highest BCUT2D eigenvalue weighted by Gasteiger charge is 2.33. The molecule has 2 aliphatic rings. The first-order valence-electron chi connectivity index (χ1n) is 8.59. The highest BCUT2D eigenvalue weighted by Crippen LogP contribution is 2.20. The van der Waals surface area contributed by atoms with E-state index in [1.165, 1.54) is 12.8 Å². The monoisotopic (exact) mass is 297 g/mol. The van der Waals surface area contributed by atoms with Crippen LogP contribution in [0, 0.1) is 0 Å². The number of piperazine rings is 1. The van der Waals surface area contributed by atoms with Gasteiger partial charge in [0.15, 0.2) is 0 Å². The predicted molar refractivity (Wildman–Crippen MR) is 84.2 cm³/mol. The lowest BCUT2D eigenvalue weighted by atomic mass is 10.0. The summed E-state index contributed by atoms with van der Waals surface area (Å²) in [5, 5.41) is 9.39. The van der Waals surface area contributed by atoms with Crippen LogP contribution in [0.1, 0.15) is 39.5 Å². The van der Waals surface area contributed by atoms with E-state index in [4.69, 9.17) is 0 Å². The summed E-state index contributed by atoms with van der Waals surface area (Å²) < 4.78 is 0. The summed E-state index contributed by atoms with van der Waals surface area (Å²) in [5.41, 5.74) is 0. The van der Waals surface area contributed by atoms with E-state index in [-0.39, 0.29) is 18.7 Å². The Morgan fingerprint density at radius 1 is 1.14 bits per heavy atom. The van der Waals surface area contributed by atoms with Crippen molar-refractivity contribution in [2.75, 3.05) is 45.9 Å². The summed E-state index contributed by atoms with van der Waals surface area (Å²) in [6, 6.07) is 0.360. The fourth-order valence-corrected chi connectivity index (χ4v) is 3.67. The molecule has 2 fully saturated rings.